The van der Waals surface area contributed by atoms with Crippen molar-refractivity contribution in [2.45, 2.75) is 53.4 Å². The van der Waals surface area contributed by atoms with Crippen LogP contribution in [0.15, 0.2) is 54.6 Å². The molecule has 0 aliphatic carbocycles. The Labute approximate surface area is 184 Å². The highest BCUT2D eigenvalue weighted by Crippen LogP contribution is 2.23. The minimum absolute atomic E-state index is 0.266. The van der Waals surface area contributed by atoms with Gasteiger partial charge in [-0.2, -0.15) is 0 Å². The quantitative estimate of drug-likeness (QED) is 0.287. The van der Waals surface area contributed by atoms with Gasteiger partial charge in [-0.15, -0.1) is 0 Å². The number of rotatable bonds is 5. The third-order valence-corrected chi connectivity index (χ3v) is 4.91. The molecule has 0 aromatic heterocycles. The van der Waals surface area contributed by atoms with Gasteiger partial charge in [0, 0.05) is 5.56 Å². The summed E-state index contributed by atoms with van der Waals surface area (Å²) in [5, 5.41) is 0. The Morgan fingerprint density at radius 3 is 1.90 bits per heavy atom. The van der Waals surface area contributed by atoms with Crippen LogP contribution in [0.5, 0.6) is 0 Å². The molecule has 0 nitrogen and oxygen atoms in total. The summed E-state index contributed by atoms with van der Waals surface area (Å²) in [5.41, 5.74) is 4.39. The molecule has 0 atom stereocenters. The van der Waals surface area contributed by atoms with Crippen molar-refractivity contribution in [3.8, 4) is 23.0 Å². The van der Waals surface area contributed by atoms with Crippen molar-refractivity contribution < 1.29 is 13.2 Å². The van der Waals surface area contributed by atoms with Crippen LogP contribution < -0.4 is 0 Å². The second-order valence-corrected chi connectivity index (χ2v) is 7.18. The van der Waals surface area contributed by atoms with Crippen LogP contribution in [0.25, 0.3) is 11.1 Å². The molecular weight excluding hydrogens is 393 g/mol. The van der Waals surface area contributed by atoms with E-state index in [-0.39, 0.29) is 5.56 Å². The van der Waals surface area contributed by atoms with Crippen molar-refractivity contribution in [2.24, 2.45) is 0 Å². The smallest absolute Gasteiger partial charge is 0.159 e. The monoisotopic (exact) mass is 422 g/mol. The van der Waals surface area contributed by atoms with Gasteiger partial charge < -0.3 is 0 Å². The van der Waals surface area contributed by atoms with E-state index in [0.717, 1.165) is 29.7 Å². The first-order valence-corrected chi connectivity index (χ1v) is 10.8. The number of hydrogen-bond acceptors (Lipinski definition) is 0. The van der Waals surface area contributed by atoms with Crippen molar-refractivity contribution in [2.75, 3.05) is 0 Å². The fourth-order valence-electron chi connectivity index (χ4n) is 3.21. The Morgan fingerprint density at radius 2 is 1.29 bits per heavy atom. The van der Waals surface area contributed by atoms with Gasteiger partial charge in [-0.1, -0.05) is 69.7 Å². The van der Waals surface area contributed by atoms with Crippen LogP contribution in [0.4, 0.5) is 13.2 Å². The van der Waals surface area contributed by atoms with Gasteiger partial charge in [0.15, 0.2) is 11.6 Å². The van der Waals surface area contributed by atoms with Crippen molar-refractivity contribution >= 4 is 0 Å². The third-order valence-electron chi connectivity index (χ3n) is 4.91. The van der Waals surface area contributed by atoms with Crippen LogP contribution in [0.3, 0.4) is 0 Å². The number of aryl methyl sites for hydroxylation is 2. The second kappa shape index (κ2) is 12.0. The van der Waals surface area contributed by atoms with Gasteiger partial charge in [-0.3, -0.25) is 0 Å². The zero-order valence-corrected chi connectivity index (χ0v) is 18.7. The Kier molecular flexibility index (Phi) is 9.40. The predicted molar refractivity (Wildman–Crippen MR) is 123 cm³/mol. The maximum Gasteiger partial charge on any atom is 0.159 e. The van der Waals surface area contributed by atoms with Gasteiger partial charge in [-0.25, -0.2) is 13.2 Å². The van der Waals surface area contributed by atoms with Crippen LogP contribution in [0.1, 0.15) is 62.3 Å². The molecule has 0 bridgehead atoms. The molecule has 0 amide bonds. The number of hydrogen-bond donors (Lipinski definition) is 0. The Bertz CT molecular complexity index is 1070. The van der Waals surface area contributed by atoms with Gasteiger partial charge in [0.05, 0.1) is 5.56 Å². The Hall–Kier alpha value is -2.99. The summed E-state index contributed by atoms with van der Waals surface area (Å²) in [6.07, 6.45) is 4.66. The lowest BCUT2D eigenvalue weighted by Gasteiger charge is -2.05. The zero-order chi connectivity index (χ0) is 22.8. The lowest BCUT2D eigenvalue weighted by Crippen LogP contribution is -1.91. The summed E-state index contributed by atoms with van der Waals surface area (Å²) >= 11 is 0. The number of benzene rings is 3. The molecule has 0 saturated heterocycles. The van der Waals surface area contributed by atoms with Crippen LogP contribution >= 0.6 is 0 Å². The second-order valence-electron chi connectivity index (χ2n) is 7.18. The van der Waals surface area contributed by atoms with Crippen molar-refractivity contribution in [1.29, 1.82) is 0 Å². The zero-order valence-electron chi connectivity index (χ0n) is 18.7. The molecule has 3 aromatic rings. The lowest BCUT2D eigenvalue weighted by atomic mass is 10.0. The van der Waals surface area contributed by atoms with Crippen LogP contribution in [0, 0.1) is 36.2 Å². The molecular formula is C28H29F3. The molecule has 3 aromatic carbocycles. The van der Waals surface area contributed by atoms with E-state index in [1.807, 2.05) is 26.8 Å². The van der Waals surface area contributed by atoms with Crippen LogP contribution in [-0.4, -0.2) is 0 Å². The topological polar surface area (TPSA) is 0 Å². The molecule has 3 rings (SSSR count). The SMILES string of the molecule is CC.CCCCCc1ccc(C#Cc2ccc(-c3ccc(F)c(F)c3)cc2F)c(C)c1. The van der Waals surface area contributed by atoms with E-state index in [9.17, 15) is 13.2 Å². The lowest BCUT2D eigenvalue weighted by molar-refractivity contribution is 0.509. The fourth-order valence-corrected chi connectivity index (χ4v) is 3.21. The average Bonchev–Trinajstić information content (AvgIpc) is 2.77. The molecule has 0 saturated carbocycles. The first-order valence-electron chi connectivity index (χ1n) is 10.8. The van der Waals surface area contributed by atoms with Crippen molar-refractivity contribution in [3.05, 3.63) is 94.3 Å². The molecule has 162 valence electrons. The summed E-state index contributed by atoms with van der Waals surface area (Å²) in [5.74, 6) is 3.55. The van der Waals surface area contributed by atoms with Crippen molar-refractivity contribution in [1.82, 2.24) is 0 Å². The standard InChI is InChI=1S/C26H23F3.C2H6/c1-3-4-5-6-19-7-8-20(18(2)15-19)9-10-21-11-12-22(16-25(21)28)23-13-14-24(27)26(29)17-23;1-2/h7-8,11-17H,3-6H2,1-2H3;1-2H3. The van der Waals surface area contributed by atoms with E-state index in [1.54, 1.807) is 12.1 Å². The van der Waals surface area contributed by atoms with E-state index in [1.165, 1.54) is 37.0 Å². The van der Waals surface area contributed by atoms with Crippen molar-refractivity contribution in [3.63, 3.8) is 0 Å². The highest BCUT2D eigenvalue weighted by molar-refractivity contribution is 5.65. The van der Waals surface area contributed by atoms with E-state index >= 15 is 0 Å². The average molecular weight is 423 g/mol. The van der Waals surface area contributed by atoms with Crippen LogP contribution in [-0.2, 0) is 6.42 Å². The first kappa shape index (κ1) is 24.3. The molecule has 0 fully saturated rings. The minimum Gasteiger partial charge on any atom is -0.206 e. The largest absolute Gasteiger partial charge is 0.206 e. The summed E-state index contributed by atoms with van der Waals surface area (Å²) in [4.78, 5) is 0. The number of unbranched alkanes of at least 4 members (excludes halogenated alkanes) is 2. The van der Waals surface area contributed by atoms with E-state index in [2.05, 4.69) is 30.9 Å². The molecule has 0 aliphatic heterocycles. The molecule has 0 heterocycles. The van der Waals surface area contributed by atoms with E-state index in [4.69, 9.17) is 0 Å². The molecule has 0 N–H and O–H groups in total. The van der Waals surface area contributed by atoms with Gasteiger partial charge in [-0.05, 0) is 72.4 Å². The molecule has 0 unspecified atom stereocenters. The highest BCUT2D eigenvalue weighted by atomic mass is 19.2. The summed E-state index contributed by atoms with van der Waals surface area (Å²) in [7, 11) is 0. The summed E-state index contributed by atoms with van der Waals surface area (Å²) in [6, 6.07) is 14.2. The molecule has 0 aliphatic rings. The molecule has 0 spiro atoms. The van der Waals surface area contributed by atoms with Gasteiger partial charge in [0.2, 0.25) is 0 Å². The normalized spacial score (nSPS) is 10.0. The molecule has 3 heteroatoms. The van der Waals surface area contributed by atoms with Gasteiger partial charge in [0.25, 0.3) is 0 Å². The Morgan fingerprint density at radius 1 is 0.677 bits per heavy atom. The van der Waals surface area contributed by atoms with Crippen LogP contribution in [0.2, 0.25) is 0 Å². The maximum atomic E-state index is 14.5. The number of halogens is 3. The first-order chi connectivity index (χ1) is 15.0. The molecule has 31 heavy (non-hydrogen) atoms. The minimum atomic E-state index is -0.958. The summed E-state index contributed by atoms with van der Waals surface area (Å²) < 4.78 is 41.0. The highest BCUT2D eigenvalue weighted by Gasteiger charge is 2.07. The Balaban J connectivity index is 0.00000166. The van der Waals surface area contributed by atoms with Gasteiger partial charge >= 0.3 is 0 Å². The van der Waals surface area contributed by atoms with E-state index in [0.29, 0.717) is 11.1 Å². The van der Waals surface area contributed by atoms with E-state index < -0.39 is 17.5 Å². The summed E-state index contributed by atoms with van der Waals surface area (Å²) in [6.45, 7) is 8.20. The fraction of sp³-hybridized carbons (Fsp3) is 0.286. The maximum absolute atomic E-state index is 14.5. The van der Waals surface area contributed by atoms with Gasteiger partial charge in [0.1, 0.15) is 5.82 Å². The predicted octanol–water partition coefficient (Wildman–Crippen LogP) is 8.24. The third kappa shape index (κ3) is 6.76. The molecule has 0 radical (unpaired) electrons.